The number of piperazine rings is 1. The van der Waals surface area contributed by atoms with Crippen LogP contribution in [0.1, 0.15) is 58.3 Å². The molecule has 2 nitrogen and oxygen atoms in total. The van der Waals surface area contributed by atoms with Gasteiger partial charge in [-0.2, -0.15) is 0 Å². The Hall–Kier alpha value is -0.0800. The minimum absolute atomic E-state index is 0.923. The van der Waals surface area contributed by atoms with Gasteiger partial charge in [0, 0.05) is 38.3 Å². The van der Waals surface area contributed by atoms with Gasteiger partial charge in [-0.25, -0.2) is 0 Å². The van der Waals surface area contributed by atoms with Crippen molar-refractivity contribution in [2.45, 2.75) is 70.4 Å². The van der Waals surface area contributed by atoms with Crippen molar-refractivity contribution < 1.29 is 0 Å². The molecule has 1 heterocycles. The summed E-state index contributed by atoms with van der Waals surface area (Å²) in [4.78, 5) is 5.59. The predicted molar refractivity (Wildman–Crippen MR) is 76.8 cm³/mol. The van der Waals surface area contributed by atoms with E-state index in [9.17, 15) is 0 Å². The maximum absolute atomic E-state index is 2.80. The average Bonchev–Trinajstić information content (AvgIpc) is 2.94. The molecule has 2 aliphatic carbocycles. The minimum Gasteiger partial charge on any atom is -0.298 e. The Bertz CT molecular complexity index is 244. The molecule has 0 atom stereocenters. The van der Waals surface area contributed by atoms with Crippen LogP contribution in [0, 0.1) is 5.92 Å². The molecule has 0 radical (unpaired) electrons. The van der Waals surface area contributed by atoms with E-state index in [2.05, 4.69) is 16.7 Å². The Balaban J connectivity index is 1.44. The van der Waals surface area contributed by atoms with Crippen LogP contribution in [0.2, 0.25) is 0 Å². The van der Waals surface area contributed by atoms with Gasteiger partial charge < -0.3 is 0 Å². The second-order valence-corrected chi connectivity index (χ2v) is 6.92. The fraction of sp³-hybridized carbons (Fsp3) is 1.00. The molecule has 3 rings (SSSR count). The topological polar surface area (TPSA) is 6.48 Å². The van der Waals surface area contributed by atoms with Crippen LogP contribution >= 0.6 is 0 Å². The van der Waals surface area contributed by atoms with E-state index >= 15 is 0 Å². The van der Waals surface area contributed by atoms with E-state index in [0.717, 1.165) is 18.0 Å². The predicted octanol–water partition coefficient (Wildman–Crippen LogP) is 3.13. The van der Waals surface area contributed by atoms with Gasteiger partial charge in [0.2, 0.25) is 0 Å². The van der Waals surface area contributed by atoms with Crippen LogP contribution in [0.5, 0.6) is 0 Å². The zero-order chi connectivity index (χ0) is 12.4. The lowest BCUT2D eigenvalue weighted by molar-refractivity contribution is 0.0528. The summed E-state index contributed by atoms with van der Waals surface area (Å²) in [6.07, 6.45) is 11.8. The Labute approximate surface area is 113 Å². The molecule has 0 bridgehead atoms. The molecule has 0 aromatic rings. The molecule has 0 N–H and O–H groups in total. The molecular weight excluding hydrogens is 220 g/mol. The third-order valence-electron chi connectivity index (χ3n) is 5.69. The Kier molecular flexibility index (Phi) is 4.25. The van der Waals surface area contributed by atoms with Gasteiger partial charge in [-0.1, -0.05) is 19.8 Å². The molecule has 2 saturated carbocycles. The first-order chi connectivity index (χ1) is 8.83. The molecule has 1 aliphatic heterocycles. The van der Waals surface area contributed by atoms with Gasteiger partial charge in [-0.15, -0.1) is 0 Å². The Morgan fingerprint density at radius 1 is 0.611 bits per heavy atom. The van der Waals surface area contributed by atoms with Crippen molar-refractivity contribution in [1.29, 1.82) is 0 Å². The van der Waals surface area contributed by atoms with Crippen LogP contribution in [0.15, 0.2) is 0 Å². The van der Waals surface area contributed by atoms with Crippen LogP contribution in [0.4, 0.5) is 0 Å². The molecule has 3 aliphatic rings. The molecular formula is C16H30N2. The van der Waals surface area contributed by atoms with Crippen molar-refractivity contribution in [2.24, 2.45) is 5.92 Å². The second kappa shape index (κ2) is 5.92. The van der Waals surface area contributed by atoms with E-state index in [1.54, 1.807) is 0 Å². The Morgan fingerprint density at radius 2 is 1.06 bits per heavy atom. The molecule has 1 saturated heterocycles. The van der Waals surface area contributed by atoms with Gasteiger partial charge in [0.05, 0.1) is 0 Å². The average molecular weight is 250 g/mol. The third kappa shape index (κ3) is 2.91. The van der Waals surface area contributed by atoms with E-state index in [1.165, 1.54) is 77.5 Å². The fourth-order valence-electron chi connectivity index (χ4n) is 4.34. The van der Waals surface area contributed by atoms with E-state index < -0.39 is 0 Å². The van der Waals surface area contributed by atoms with Crippen molar-refractivity contribution in [3.05, 3.63) is 0 Å². The van der Waals surface area contributed by atoms with Crippen molar-refractivity contribution in [3.63, 3.8) is 0 Å². The molecule has 3 fully saturated rings. The van der Waals surface area contributed by atoms with Crippen LogP contribution in [0.25, 0.3) is 0 Å². The molecule has 18 heavy (non-hydrogen) atoms. The summed E-state index contributed by atoms with van der Waals surface area (Å²) in [5, 5.41) is 0. The van der Waals surface area contributed by atoms with Crippen LogP contribution in [-0.4, -0.2) is 48.1 Å². The third-order valence-corrected chi connectivity index (χ3v) is 5.69. The summed E-state index contributed by atoms with van der Waals surface area (Å²) in [6, 6.07) is 1.87. The highest BCUT2D eigenvalue weighted by molar-refractivity contribution is 4.86. The van der Waals surface area contributed by atoms with Crippen molar-refractivity contribution >= 4 is 0 Å². The molecule has 0 aromatic carbocycles. The molecule has 0 unspecified atom stereocenters. The first kappa shape index (κ1) is 12.9. The molecule has 0 spiro atoms. The summed E-state index contributed by atoms with van der Waals surface area (Å²) in [7, 11) is 0. The van der Waals surface area contributed by atoms with Crippen LogP contribution in [-0.2, 0) is 0 Å². The largest absolute Gasteiger partial charge is 0.298 e. The highest BCUT2D eigenvalue weighted by Gasteiger charge is 2.30. The quantitative estimate of drug-likeness (QED) is 0.743. The van der Waals surface area contributed by atoms with Crippen molar-refractivity contribution in [3.8, 4) is 0 Å². The highest BCUT2D eigenvalue weighted by atomic mass is 15.3. The van der Waals surface area contributed by atoms with Gasteiger partial charge in [-0.3, -0.25) is 9.80 Å². The SMILES string of the molecule is C[C@H]1CC[C@H](N2CCN(C3CCCC3)CC2)CC1. The monoisotopic (exact) mass is 250 g/mol. The normalized spacial score (nSPS) is 37.2. The number of nitrogens with zero attached hydrogens (tertiary/aromatic N) is 2. The number of rotatable bonds is 2. The number of hydrogen-bond donors (Lipinski definition) is 0. The molecule has 2 heteroatoms. The second-order valence-electron chi connectivity index (χ2n) is 6.92. The van der Waals surface area contributed by atoms with E-state index in [4.69, 9.17) is 0 Å². The lowest BCUT2D eigenvalue weighted by Gasteiger charge is -2.43. The maximum atomic E-state index is 2.80. The zero-order valence-corrected chi connectivity index (χ0v) is 12.1. The van der Waals surface area contributed by atoms with Gasteiger partial charge in [0.1, 0.15) is 0 Å². The summed E-state index contributed by atoms with van der Waals surface area (Å²) in [5.41, 5.74) is 0. The van der Waals surface area contributed by atoms with Crippen LogP contribution in [0.3, 0.4) is 0 Å². The first-order valence-electron chi connectivity index (χ1n) is 8.31. The number of hydrogen-bond acceptors (Lipinski definition) is 2. The first-order valence-corrected chi connectivity index (χ1v) is 8.31. The summed E-state index contributed by atoms with van der Waals surface area (Å²) >= 11 is 0. The molecule has 0 amide bonds. The summed E-state index contributed by atoms with van der Waals surface area (Å²) in [6.45, 7) is 7.80. The molecule has 0 aromatic heterocycles. The Morgan fingerprint density at radius 3 is 1.56 bits per heavy atom. The fourth-order valence-corrected chi connectivity index (χ4v) is 4.34. The van der Waals surface area contributed by atoms with Gasteiger partial charge >= 0.3 is 0 Å². The van der Waals surface area contributed by atoms with Gasteiger partial charge in [-0.05, 0) is 44.4 Å². The maximum Gasteiger partial charge on any atom is 0.0113 e. The van der Waals surface area contributed by atoms with E-state index in [0.29, 0.717) is 0 Å². The summed E-state index contributed by atoms with van der Waals surface area (Å²) < 4.78 is 0. The standard InChI is InChI=1S/C16H30N2/c1-14-6-8-16(9-7-14)18-12-10-17(11-13-18)15-4-2-3-5-15/h14-16H,2-13H2,1H3/t14-,16-. The highest BCUT2D eigenvalue weighted by Crippen LogP contribution is 2.29. The van der Waals surface area contributed by atoms with E-state index in [-0.39, 0.29) is 0 Å². The van der Waals surface area contributed by atoms with Crippen LogP contribution < -0.4 is 0 Å². The minimum atomic E-state index is 0.923. The lowest BCUT2D eigenvalue weighted by atomic mass is 9.86. The smallest absolute Gasteiger partial charge is 0.0113 e. The molecule has 104 valence electrons. The van der Waals surface area contributed by atoms with Gasteiger partial charge in [0.25, 0.3) is 0 Å². The lowest BCUT2D eigenvalue weighted by Crippen LogP contribution is -2.53. The van der Waals surface area contributed by atoms with Gasteiger partial charge in [0.15, 0.2) is 0 Å². The van der Waals surface area contributed by atoms with E-state index in [1.807, 2.05) is 0 Å². The van der Waals surface area contributed by atoms with Crippen molar-refractivity contribution in [2.75, 3.05) is 26.2 Å². The van der Waals surface area contributed by atoms with Crippen molar-refractivity contribution in [1.82, 2.24) is 9.80 Å². The summed E-state index contributed by atoms with van der Waals surface area (Å²) in [5.74, 6) is 0.987. The zero-order valence-electron chi connectivity index (χ0n) is 12.1.